The molecule has 0 unspecified atom stereocenters. The number of aryl methyl sites for hydroxylation is 2. The Morgan fingerprint density at radius 1 is 1.11 bits per heavy atom. The van der Waals surface area contributed by atoms with Crippen LogP contribution in [-0.2, 0) is 4.79 Å². The number of para-hydroxylation sites is 1. The van der Waals surface area contributed by atoms with Gasteiger partial charge < -0.3 is 4.90 Å². The van der Waals surface area contributed by atoms with Gasteiger partial charge in [-0.3, -0.25) is 9.59 Å². The normalized spacial score (nSPS) is 15.3. The number of likely N-dealkylation sites (tertiary alicyclic amines) is 1. The standard InChI is InChI=1S/C22H24N2O2S2/c1-14-13-17(15(2)27-14)19(25)7-8-21(26)24-11-9-16(10-12-24)22-23-18-5-3-4-6-20(18)28-22/h3-6,13,16H,7-12H2,1-2H3. The lowest BCUT2D eigenvalue weighted by Gasteiger charge is -2.31. The highest BCUT2D eigenvalue weighted by Gasteiger charge is 2.26. The fraction of sp³-hybridized carbons (Fsp3) is 0.409. The molecule has 1 aromatic carbocycles. The van der Waals surface area contributed by atoms with Crippen molar-refractivity contribution in [1.29, 1.82) is 0 Å². The number of aromatic nitrogens is 1. The second-order valence-electron chi connectivity index (χ2n) is 7.42. The van der Waals surface area contributed by atoms with Crippen LogP contribution in [0.5, 0.6) is 0 Å². The van der Waals surface area contributed by atoms with E-state index in [0.717, 1.165) is 46.8 Å². The molecule has 0 spiro atoms. The number of piperidine rings is 1. The molecule has 6 heteroatoms. The zero-order valence-corrected chi connectivity index (χ0v) is 17.9. The number of Topliss-reactive ketones (excluding diaryl/α,β-unsaturated/α-hetero) is 1. The zero-order chi connectivity index (χ0) is 19.7. The molecule has 0 N–H and O–H groups in total. The first-order chi connectivity index (χ1) is 13.5. The molecule has 0 atom stereocenters. The van der Waals surface area contributed by atoms with Crippen LogP contribution in [0.25, 0.3) is 10.2 Å². The fourth-order valence-corrected chi connectivity index (χ4v) is 5.94. The van der Waals surface area contributed by atoms with E-state index in [9.17, 15) is 9.59 Å². The van der Waals surface area contributed by atoms with Crippen LogP contribution in [0.1, 0.15) is 56.7 Å². The van der Waals surface area contributed by atoms with Gasteiger partial charge in [-0.15, -0.1) is 22.7 Å². The number of amides is 1. The van der Waals surface area contributed by atoms with Crippen LogP contribution in [-0.4, -0.2) is 34.7 Å². The Labute approximate surface area is 173 Å². The Kier molecular flexibility index (Phi) is 5.60. The third-order valence-corrected chi connectivity index (χ3v) is 7.58. The molecule has 4 nitrogen and oxygen atoms in total. The second kappa shape index (κ2) is 8.13. The van der Waals surface area contributed by atoms with E-state index >= 15 is 0 Å². The number of hydrogen-bond acceptors (Lipinski definition) is 5. The van der Waals surface area contributed by atoms with Gasteiger partial charge in [0.1, 0.15) is 0 Å². The van der Waals surface area contributed by atoms with Gasteiger partial charge >= 0.3 is 0 Å². The summed E-state index contributed by atoms with van der Waals surface area (Å²) in [6, 6.07) is 10.2. The smallest absolute Gasteiger partial charge is 0.223 e. The number of thiazole rings is 1. The molecule has 3 heterocycles. The Morgan fingerprint density at radius 2 is 1.86 bits per heavy atom. The van der Waals surface area contributed by atoms with Crippen molar-refractivity contribution >= 4 is 44.6 Å². The topological polar surface area (TPSA) is 50.3 Å². The molecule has 1 fully saturated rings. The van der Waals surface area contributed by atoms with E-state index in [1.165, 1.54) is 9.71 Å². The molecule has 0 aliphatic carbocycles. The van der Waals surface area contributed by atoms with Crippen molar-refractivity contribution in [1.82, 2.24) is 9.88 Å². The predicted octanol–water partition coefficient (Wildman–Crippen LogP) is 5.34. The lowest BCUT2D eigenvalue weighted by Crippen LogP contribution is -2.38. The molecule has 3 aromatic rings. The number of fused-ring (bicyclic) bond motifs is 1. The Balaban J connectivity index is 1.30. The maximum atomic E-state index is 12.6. The summed E-state index contributed by atoms with van der Waals surface area (Å²) in [4.78, 5) is 33.9. The molecule has 1 aliphatic heterocycles. The Hall–Kier alpha value is -2.05. The van der Waals surface area contributed by atoms with Gasteiger partial charge in [-0.1, -0.05) is 12.1 Å². The van der Waals surface area contributed by atoms with Crippen LogP contribution >= 0.6 is 22.7 Å². The van der Waals surface area contributed by atoms with E-state index in [1.54, 1.807) is 22.7 Å². The number of ketones is 1. The first-order valence-corrected chi connectivity index (χ1v) is 11.4. The molecular formula is C22H24N2O2S2. The summed E-state index contributed by atoms with van der Waals surface area (Å²) in [5.74, 6) is 0.611. The molecule has 4 rings (SSSR count). The summed E-state index contributed by atoms with van der Waals surface area (Å²) < 4.78 is 1.23. The van der Waals surface area contributed by atoms with Gasteiger partial charge in [0, 0.05) is 47.2 Å². The van der Waals surface area contributed by atoms with Crippen molar-refractivity contribution in [2.75, 3.05) is 13.1 Å². The SMILES string of the molecule is Cc1cc(C(=O)CCC(=O)N2CCC(c3nc4ccccc4s3)CC2)c(C)s1. The summed E-state index contributed by atoms with van der Waals surface area (Å²) in [6.45, 7) is 5.49. The summed E-state index contributed by atoms with van der Waals surface area (Å²) in [6.07, 6.45) is 2.50. The number of hydrogen-bond donors (Lipinski definition) is 0. The number of carbonyl (C=O) groups is 2. The maximum absolute atomic E-state index is 12.6. The molecular weight excluding hydrogens is 388 g/mol. The van der Waals surface area contributed by atoms with Gasteiger partial charge in [0.05, 0.1) is 15.2 Å². The summed E-state index contributed by atoms with van der Waals surface area (Å²) >= 11 is 3.41. The van der Waals surface area contributed by atoms with Gasteiger partial charge in [0.15, 0.2) is 5.78 Å². The van der Waals surface area contributed by atoms with E-state index in [2.05, 4.69) is 12.1 Å². The van der Waals surface area contributed by atoms with Crippen molar-refractivity contribution in [2.24, 2.45) is 0 Å². The Bertz CT molecular complexity index is 980. The lowest BCUT2D eigenvalue weighted by atomic mass is 9.97. The van der Waals surface area contributed by atoms with Crippen molar-refractivity contribution in [3.63, 3.8) is 0 Å². The highest BCUT2D eigenvalue weighted by Crippen LogP contribution is 2.34. The minimum absolute atomic E-state index is 0.0829. The molecule has 0 saturated carbocycles. The zero-order valence-electron chi connectivity index (χ0n) is 16.2. The molecule has 28 heavy (non-hydrogen) atoms. The maximum Gasteiger partial charge on any atom is 0.223 e. The highest BCUT2D eigenvalue weighted by atomic mass is 32.1. The largest absolute Gasteiger partial charge is 0.343 e. The average molecular weight is 413 g/mol. The fourth-order valence-electron chi connectivity index (χ4n) is 3.86. The van der Waals surface area contributed by atoms with Gasteiger partial charge in [0.25, 0.3) is 0 Å². The third kappa shape index (κ3) is 4.03. The van der Waals surface area contributed by atoms with Crippen molar-refractivity contribution in [3.05, 3.63) is 50.7 Å². The van der Waals surface area contributed by atoms with Crippen LogP contribution in [0.4, 0.5) is 0 Å². The third-order valence-electron chi connectivity index (χ3n) is 5.41. The van der Waals surface area contributed by atoms with Crippen LogP contribution < -0.4 is 0 Å². The first-order valence-electron chi connectivity index (χ1n) is 9.74. The van der Waals surface area contributed by atoms with Gasteiger partial charge in [0.2, 0.25) is 5.91 Å². The number of rotatable bonds is 5. The summed E-state index contributed by atoms with van der Waals surface area (Å²) in [5, 5.41) is 1.19. The average Bonchev–Trinajstić information content (AvgIpc) is 3.28. The molecule has 1 aliphatic rings. The van der Waals surface area contributed by atoms with Crippen LogP contribution in [0.3, 0.4) is 0 Å². The van der Waals surface area contributed by atoms with E-state index in [4.69, 9.17) is 4.98 Å². The van der Waals surface area contributed by atoms with Gasteiger partial charge in [-0.2, -0.15) is 0 Å². The van der Waals surface area contributed by atoms with Crippen molar-refractivity contribution in [2.45, 2.75) is 45.4 Å². The van der Waals surface area contributed by atoms with Crippen LogP contribution in [0, 0.1) is 13.8 Å². The summed E-state index contributed by atoms with van der Waals surface area (Å²) in [7, 11) is 0. The molecule has 0 radical (unpaired) electrons. The summed E-state index contributed by atoms with van der Waals surface area (Å²) in [5.41, 5.74) is 1.85. The molecule has 2 aromatic heterocycles. The number of benzene rings is 1. The Morgan fingerprint density at radius 3 is 2.54 bits per heavy atom. The number of nitrogens with zero attached hydrogens (tertiary/aromatic N) is 2. The molecule has 1 amide bonds. The molecule has 0 bridgehead atoms. The van der Waals surface area contributed by atoms with E-state index in [0.29, 0.717) is 18.8 Å². The molecule has 1 saturated heterocycles. The molecule has 146 valence electrons. The van der Waals surface area contributed by atoms with E-state index in [1.807, 2.05) is 36.9 Å². The van der Waals surface area contributed by atoms with Crippen molar-refractivity contribution < 1.29 is 9.59 Å². The number of carbonyl (C=O) groups excluding carboxylic acids is 2. The van der Waals surface area contributed by atoms with Crippen LogP contribution in [0.2, 0.25) is 0 Å². The van der Waals surface area contributed by atoms with Crippen molar-refractivity contribution in [3.8, 4) is 0 Å². The van der Waals surface area contributed by atoms with Gasteiger partial charge in [-0.25, -0.2) is 4.98 Å². The van der Waals surface area contributed by atoms with Crippen LogP contribution in [0.15, 0.2) is 30.3 Å². The van der Waals surface area contributed by atoms with E-state index < -0.39 is 0 Å². The first kappa shape index (κ1) is 19.3. The quantitative estimate of drug-likeness (QED) is 0.531. The minimum atomic E-state index is 0.0829. The minimum Gasteiger partial charge on any atom is -0.343 e. The number of thiophene rings is 1. The van der Waals surface area contributed by atoms with Gasteiger partial charge in [-0.05, 0) is 44.9 Å². The monoisotopic (exact) mass is 412 g/mol. The second-order valence-corrected chi connectivity index (χ2v) is 9.95. The highest BCUT2D eigenvalue weighted by molar-refractivity contribution is 7.18. The van der Waals surface area contributed by atoms with E-state index in [-0.39, 0.29) is 11.7 Å². The lowest BCUT2D eigenvalue weighted by molar-refractivity contribution is -0.132. The predicted molar refractivity (Wildman–Crippen MR) is 116 cm³/mol.